The van der Waals surface area contributed by atoms with Crippen molar-refractivity contribution >= 4 is 5.91 Å². The summed E-state index contributed by atoms with van der Waals surface area (Å²) in [6.07, 6.45) is 6.01. The Balaban J connectivity index is 1.89. The van der Waals surface area contributed by atoms with Crippen molar-refractivity contribution in [2.24, 2.45) is 0 Å². The Morgan fingerprint density at radius 2 is 2.30 bits per heavy atom. The van der Waals surface area contributed by atoms with E-state index < -0.39 is 0 Å². The number of rotatable bonds is 5. The number of oxazole rings is 1. The van der Waals surface area contributed by atoms with Crippen LogP contribution < -0.4 is 0 Å². The maximum atomic E-state index is 12.4. The first kappa shape index (κ1) is 15.0. The summed E-state index contributed by atoms with van der Waals surface area (Å²) in [4.78, 5) is 18.1. The first-order chi connectivity index (χ1) is 9.59. The van der Waals surface area contributed by atoms with Crippen molar-refractivity contribution in [1.82, 2.24) is 9.88 Å². The monoisotopic (exact) mass is 280 g/mol. The molecule has 20 heavy (non-hydrogen) atoms. The Morgan fingerprint density at radius 1 is 1.50 bits per heavy atom. The van der Waals surface area contributed by atoms with Crippen molar-refractivity contribution in [1.29, 1.82) is 0 Å². The maximum absolute atomic E-state index is 12.4. The highest BCUT2D eigenvalue weighted by Crippen LogP contribution is 2.20. The van der Waals surface area contributed by atoms with Crippen molar-refractivity contribution in [2.45, 2.75) is 51.6 Å². The number of carbonyl (C=O) groups is 1. The largest absolute Gasteiger partial charge is 0.447 e. The lowest BCUT2D eigenvalue weighted by Crippen LogP contribution is -2.32. The van der Waals surface area contributed by atoms with Crippen molar-refractivity contribution in [2.75, 3.05) is 20.2 Å². The fourth-order valence-electron chi connectivity index (χ4n) is 2.48. The lowest BCUT2D eigenvalue weighted by Gasteiger charge is -2.25. The Hall–Kier alpha value is -1.36. The van der Waals surface area contributed by atoms with E-state index in [0.29, 0.717) is 24.1 Å². The molecule has 1 aliphatic heterocycles. The third kappa shape index (κ3) is 3.60. The zero-order valence-electron chi connectivity index (χ0n) is 12.6. The summed E-state index contributed by atoms with van der Waals surface area (Å²) >= 11 is 0. The predicted molar refractivity (Wildman–Crippen MR) is 75.8 cm³/mol. The number of hydrogen-bond donors (Lipinski definition) is 0. The number of amides is 1. The standard InChI is InChI=1S/C15H24N2O3/c1-11(2)14-13(16-10-20-14)15(18)17(3)8-7-12-6-4-5-9-19-12/h10-12H,4-9H2,1-3H3. The van der Waals surface area contributed by atoms with Crippen LogP contribution in [0.3, 0.4) is 0 Å². The summed E-state index contributed by atoms with van der Waals surface area (Å²) in [7, 11) is 1.81. The Kier molecular flexibility index (Phi) is 5.17. The highest BCUT2D eigenvalue weighted by Gasteiger charge is 2.23. The van der Waals surface area contributed by atoms with Crippen LogP contribution in [0.25, 0.3) is 0 Å². The molecule has 5 heteroatoms. The Labute approximate surface area is 120 Å². The minimum absolute atomic E-state index is 0.0711. The second-order valence-electron chi connectivity index (χ2n) is 5.72. The van der Waals surface area contributed by atoms with E-state index in [2.05, 4.69) is 4.98 Å². The quantitative estimate of drug-likeness (QED) is 0.832. The van der Waals surface area contributed by atoms with Crippen LogP contribution in [0, 0.1) is 0 Å². The molecule has 0 spiro atoms. The predicted octanol–water partition coefficient (Wildman–Crippen LogP) is 2.83. The van der Waals surface area contributed by atoms with Gasteiger partial charge in [0.2, 0.25) is 0 Å². The van der Waals surface area contributed by atoms with Crippen LogP contribution in [0.5, 0.6) is 0 Å². The second-order valence-corrected chi connectivity index (χ2v) is 5.72. The van der Waals surface area contributed by atoms with Crippen molar-refractivity contribution in [3.8, 4) is 0 Å². The molecule has 1 aromatic heterocycles. The number of aromatic nitrogens is 1. The third-order valence-electron chi connectivity index (χ3n) is 3.73. The average molecular weight is 280 g/mol. The Morgan fingerprint density at radius 3 is 2.95 bits per heavy atom. The molecule has 1 atom stereocenters. The van der Waals surface area contributed by atoms with Crippen LogP contribution in [-0.2, 0) is 4.74 Å². The van der Waals surface area contributed by atoms with Crippen LogP contribution in [0.1, 0.15) is 61.7 Å². The zero-order valence-corrected chi connectivity index (χ0v) is 12.6. The van der Waals surface area contributed by atoms with E-state index in [1.807, 2.05) is 20.9 Å². The summed E-state index contributed by atoms with van der Waals surface area (Å²) in [6, 6.07) is 0. The molecule has 0 aromatic carbocycles. The average Bonchev–Trinajstić information content (AvgIpc) is 2.94. The molecule has 1 saturated heterocycles. The minimum Gasteiger partial charge on any atom is -0.447 e. The molecule has 0 radical (unpaired) electrons. The highest BCUT2D eigenvalue weighted by molar-refractivity contribution is 5.93. The lowest BCUT2D eigenvalue weighted by atomic mass is 10.1. The summed E-state index contributed by atoms with van der Waals surface area (Å²) in [6.45, 7) is 5.53. The molecule has 2 rings (SSSR count). The number of ether oxygens (including phenoxy) is 1. The van der Waals surface area contributed by atoms with Gasteiger partial charge in [-0.3, -0.25) is 4.79 Å². The molecule has 0 saturated carbocycles. The summed E-state index contributed by atoms with van der Waals surface area (Å²) in [5.74, 6) is 0.751. The van der Waals surface area contributed by atoms with Gasteiger partial charge in [-0.15, -0.1) is 0 Å². The maximum Gasteiger partial charge on any atom is 0.275 e. The van der Waals surface area contributed by atoms with Crippen molar-refractivity contribution in [3.63, 3.8) is 0 Å². The van der Waals surface area contributed by atoms with E-state index in [-0.39, 0.29) is 11.8 Å². The molecule has 1 aliphatic rings. The highest BCUT2D eigenvalue weighted by atomic mass is 16.5. The molecular weight excluding hydrogens is 256 g/mol. The van der Waals surface area contributed by atoms with E-state index in [9.17, 15) is 4.79 Å². The van der Waals surface area contributed by atoms with Gasteiger partial charge in [-0.05, 0) is 25.7 Å². The zero-order chi connectivity index (χ0) is 14.5. The molecule has 2 heterocycles. The summed E-state index contributed by atoms with van der Waals surface area (Å²) in [5.41, 5.74) is 0.437. The molecule has 0 bridgehead atoms. The van der Waals surface area contributed by atoms with Gasteiger partial charge < -0.3 is 14.1 Å². The van der Waals surface area contributed by atoms with Crippen LogP contribution in [0.4, 0.5) is 0 Å². The number of nitrogens with zero attached hydrogens (tertiary/aromatic N) is 2. The van der Waals surface area contributed by atoms with Gasteiger partial charge in [0.05, 0.1) is 6.10 Å². The van der Waals surface area contributed by atoms with Crippen LogP contribution in [-0.4, -0.2) is 42.1 Å². The van der Waals surface area contributed by atoms with E-state index in [4.69, 9.17) is 9.15 Å². The van der Waals surface area contributed by atoms with Gasteiger partial charge >= 0.3 is 0 Å². The third-order valence-corrected chi connectivity index (χ3v) is 3.73. The molecular formula is C15H24N2O3. The minimum atomic E-state index is -0.0711. The van der Waals surface area contributed by atoms with E-state index in [1.165, 1.54) is 12.8 Å². The number of carbonyl (C=O) groups excluding carboxylic acids is 1. The van der Waals surface area contributed by atoms with Gasteiger partial charge in [0.1, 0.15) is 5.76 Å². The molecule has 1 aromatic rings. The second kappa shape index (κ2) is 6.88. The van der Waals surface area contributed by atoms with E-state index in [1.54, 1.807) is 4.90 Å². The van der Waals surface area contributed by atoms with Crippen molar-refractivity contribution in [3.05, 3.63) is 17.8 Å². The van der Waals surface area contributed by atoms with E-state index >= 15 is 0 Å². The number of hydrogen-bond acceptors (Lipinski definition) is 4. The fraction of sp³-hybridized carbons (Fsp3) is 0.733. The van der Waals surface area contributed by atoms with Gasteiger partial charge in [0, 0.05) is 26.1 Å². The normalized spacial score (nSPS) is 19.3. The van der Waals surface area contributed by atoms with Gasteiger partial charge in [-0.2, -0.15) is 0 Å². The van der Waals surface area contributed by atoms with Crippen LogP contribution in [0.15, 0.2) is 10.8 Å². The molecule has 5 nitrogen and oxygen atoms in total. The molecule has 1 amide bonds. The van der Waals surface area contributed by atoms with E-state index in [0.717, 1.165) is 25.9 Å². The SMILES string of the molecule is CC(C)c1ocnc1C(=O)N(C)CCC1CCCCO1. The van der Waals surface area contributed by atoms with Crippen LogP contribution in [0.2, 0.25) is 0 Å². The molecule has 0 aliphatic carbocycles. The lowest BCUT2D eigenvalue weighted by molar-refractivity contribution is 0.00704. The first-order valence-electron chi connectivity index (χ1n) is 7.40. The van der Waals surface area contributed by atoms with Crippen LogP contribution >= 0.6 is 0 Å². The summed E-state index contributed by atoms with van der Waals surface area (Å²) < 4.78 is 11.0. The van der Waals surface area contributed by atoms with Crippen molar-refractivity contribution < 1.29 is 13.9 Å². The molecule has 0 N–H and O–H groups in total. The van der Waals surface area contributed by atoms with Gasteiger partial charge in [0.15, 0.2) is 12.1 Å². The Bertz CT molecular complexity index is 436. The van der Waals surface area contributed by atoms with Gasteiger partial charge in [-0.1, -0.05) is 13.8 Å². The van der Waals surface area contributed by atoms with Gasteiger partial charge in [0.25, 0.3) is 5.91 Å². The molecule has 112 valence electrons. The summed E-state index contributed by atoms with van der Waals surface area (Å²) in [5, 5.41) is 0. The first-order valence-corrected chi connectivity index (χ1v) is 7.40. The smallest absolute Gasteiger partial charge is 0.275 e. The van der Waals surface area contributed by atoms with Gasteiger partial charge in [-0.25, -0.2) is 4.98 Å². The topological polar surface area (TPSA) is 55.6 Å². The molecule has 1 unspecified atom stereocenters. The molecule has 1 fully saturated rings. The fourth-order valence-corrected chi connectivity index (χ4v) is 2.48.